The van der Waals surface area contributed by atoms with Gasteiger partial charge in [-0.25, -0.2) is 0 Å². The van der Waals surface area contributed by atoms with Gasteiger partial charge in [-0.15, -0.1) is 0 Å². The number of aryl methyl sites for hydroxylation is 1. The standard InChI is InChI=1S/C12H14BrF3N2O/c1-7-3-4-10(9(13)5-7)18-8(2)11(19)17-6-12(14,15)16/h3-5,8,18H,6H2,1-2H3,(H,17,19). The van der Waals surface area contributed by atoms with Gasteiger partial charge < -0.3 is 10.6 Å². The molecule has 0 aliphatic rings. The third kappa shape index (κ3) is 5.50. The van der Waals surface area contributed by atoms with Crippen molar-refractivity contribution >= 4 is 27.5 Å². The van der Waals surface area contributed by atoms with Gasteiger partial charge in [0.2, 0.25) is 5.91 Å². The number of halogens is 4. The maximum Gasteiger partial charge on any atom is 0.405 e. The molecule has 0 saturated heterocycles. The number of benzene rings is 1. The van der Waals surface area contributed by atoms with Crippen molar-refractivity contribution in [1.82, 2.24) is 5.32 Å². The molecule has 106 valence electrons. The Morgan fingerprint density at radius 2 is 2.05 bits per heavy atom. The van der Waals surface area contributed by atoms with Crippen molar-refractivity contribution < 1.29 is 18.0 Å². The minimum Gasteiger partial charge on any atom is -0.373 e. The number of anilines is 1. The Morgan fingerprint density at radius 3 is 2.58 bits per heavy atom. The minimum atomic E-state index is -4.40. The summed E-state index contributed by atoms with van der Waals surface area (Å²) in [5, 5.41) is 4.68. The number of rotatable bonds is 4. The van der Waals surface area contributed by atoms with E-state index in [1.165, 1.54) is 6.92 Å². The zero-order valence-electron chi connectivity index (χ0n) is 10.4. The van der Waals surface area contributed by atoms with E-state index in [0.717, 1.165) is 10.0 Å². The second-order valence-corrected chi connectivity index (χ2v) is 5.04. The van der Waals surface area contributed by atoms with E-state index in [1.54, 1.807) is 6.07 Å². The maximum absolute atomic E-state index is 12.0. The second-order valence-electron chi connectivity index (χ2n) is 4.18. The average molecular weight is 339 g/mol. The van der Waals surface area contributed by atoms with Crippen LogP contribution in [0.4, 0.5) is 18.9 Å². The van der Waals surface area contributed by atoms with Crippen molar-refractivity contribution in [1.29, 1.82) is 0 Å². The molecular formula is C12H14BrF3N2O. The van der Waals surface area contributed by atoms with E-state index in [-0.39, 0.29) is 0 Å². The normalized spacial score (nSPS) is 12.9. The fraction of sp³-hybridized carbons (Fsp3) is 0.417. The van der Waals surface area contributed by atoms with Crippen LogP contribution < -0.4 is 10.6 Å². The Labute approximate surface area is 117 Å². The Morgan fingerprint density at radius 1 is 1.42 bits per heavy atom. The number of alkyl halides is 3. The van der Waals surface area contributed by atoms with Crippen LogP contribution >= 0.6 is 15.9 Å². The maximum atomic E-state index is 12.0. The Balaban J connectivity index is 2.59. The molecule has 1 amide bonds. The molecule has 0 aliphatic carbocycles. The molecule has 7 heteroatoms. The smallest absolute Gasteiger partial charge is 0.373 e. The van der Waals surface area contributed by atoms with Crippen molar-refractivity contribution in [2.75, 3.05) is 11.9 Å². The molecule has 1 unspecified atom stereocenters. The molecule has 0 saturated carbocycles. The molecule has 0 spiro atoms. The average Bonchev–Trinajstić information content (AvgIpc) is 2.28. The fourth-order valence-electron chi connectivity index (χ4n) is 1.38. The van der Waals surface area contributed by atoms with E-state index >= 15 is 0 Å². The molecule has 0 heterocycles. The van der Waals surface area contributed by atoms with Crippen molar-refractivity contribution in [3.8, 4) is 0 Å². The van der Waals surface area contributed by atoms with Crippen LogP contribution in [0, 0.1) is 6.92 Å². The summed E-state index contributed by atoms with van der Waals surface area (Å²) in [4.78, 5) is 11.5. The van der Waals surface area contributed by atoms with Crippen LogP contribution in [-0.2, 0) is 4.79 Å². The minimum absolute atomic E-state index is 0.653. The van der Waals surface area contributed by atoms with Gasteiger partial charge in [0.1, 0.15) is 12.6 Å². The van der Waals surface area contributed by atoms with E-state index in [4.69, 9.17) is 0 Å². The molecule has 3 nitrogen and oxygen atoms in total. The predicted octanol–water partition coefficient (Wildman–Crippen LogP) is 3.24. The summed E-state index contributed by atoms with van der Waals surface area (Å²) >= 11 is 3.32. The summed E-state index contributed by atoms with van der Waals surface area (Å²) in [5.74, 6) is -0.704. The highest BCUT2D eigenvalue weighted by Crippen LogP contribution is 2.24. The van der Waals surface area contributed by atoms with Gasteiger partial charge in [-0.1, -0.05) is 6.07 Å². The van der Waals surface area contributed by atoms with Crippen molar-refractivity contribution in [2.24, 2.45) is 0 Å². The Bertz CT molecular complexity index is 463. The fourth-order valence-corrected chi connectivity index (χ4v) is 1.98. The Hall–Kier alpha value is -1.24. The van der Waals surface area contributed by atoms with Gasteiger partial charge in [-0.2, -0.15) is 13.2 Å². The molecule has 0 radical (unpaired) electrons. The first-order valence-corrected chi connectivity index (χ1v) is 6.35. The molecule has 0 aliphatic heterocycles. The highest BCUT2D eigenvalue weighted by Gasteiger charge is 2.28. The van der Waals surface area contributed by atoms with Crippen molar-refractivity contribution in [3.05, 3.63) is 28.2 Å². The summed E-state index contributed by atoms with van der Waals surface area (Å²) in [6.07, 6.45) is -4.40. The first kappa shape index (κ1) is 15.8. The topological polar surface area (TPSA) is 41.1 Å². The lowest BCUT2D eigenvalue weighted by Crippen LogP contribution is -2.42. The summed E-state index contributed by atoms with van der Waals surface area (Å²) in [5.41, 5.74) is 1.69. The summed E-state index contributed by atoms with van der Waals surface area (Å²) in [7, 11) is 0. The van der Waals surface area contributed by atoms with Crippen LogP contribution in [0.15, 0.2) is 22.7 Å². The molecule has 1 aromatic carbocycles. The van der Waals surface area contributed by atoms with Crippen molar-refractivity contribution in [3.63, 3.8) is 0 Å². The molecule has 0 fully saturated rings. The van der Waals surface area contributed by atoms with Crippen LogP contribution in [0.1, 0.15) is 12.5 Å². The van der Waals surface area contributed by atoms with Gasteiger partial charge >= 0.3 is 6.18 Å². The number of hydrogen-bond donors (Lipinski definition) is 2. The number of hydrogen-bond acceptors (Lipinski definition) is 2. The molecule has 0 bridgehead atoms. The zero-order chi connectivity index (χ0) is 14.6. The van der Waals surface area contributed by atoms with E-state index in [2.05, 4.69) is 21.2 Å². The predicted molar refractivity (Wildman–Crippen MR) is 71.0 cm³/mol. The lowest BCUT2D eigenvalue weighted by Gasteiger charge is -2.17. The van der Waals surface area contributed by atoms with Gasteiger partial charge in [0.25, 0.3) is 0 Å². The van der Waals surface area contributed by atoms with Crippen LogP contribution in [0.25, 0.3) is 0 Å². The quantitative estimate of drug-likeness (QED) is 0.884. The summed E-state index contributed by atoms with van der Waals surface area (Å²) in [6.45, 7) is 2.08. The largest absolute Gasteiger partial charge is 0.405 e. The monoisotopic (exact) mass is 338 g/mol. The molecule has 1 aromatic rings. The molecule has 1 rings (SSSR count). The summed E-state index contributed by atoms with van der Waals surface area (Å²) in [6, 6.07) is 4.68. The zero-order valence-corrected chi connectivity index (χ0v) is 12.0. The molecule has 2 N–H and O–H groups in total. The number of nitrogens with one attached hydrogen (secondary N) is 2. The van der Waals surface area contributed by atoms with E-state index < -0.39 is 24.7 Å². The first-order chi connectivity index (χ1) is 8.69. The first-order valence-electron chi connectivity index (χ1n) is 5.56. The molecule has 1 atom stereocenters. The lowest BCUT2D eigenvalue weighted by atomic mass is 10.2. The Kier molecular flexibility index (Phi) is 5.22. The van der Waals surface area contributed by atoms with Crippen LogP contribution in [0.3, 0.4) is 0 Å². The number of carbonyl (C=O) groups is 1. The number of amides is 1. The molecule has 19 heavy (non-hydrogen) atoms. The highest BCUT2D eigenvalue weighted by molar-refractivity contribution is 9.10. The van der Waals surface area contributed by atoms with Gasteiger partial charge in [-0.05, 0) is 47.5 Å². The van der Waals surface area contributed by atoms with Crippen LogP contribution in [0.5, 0.6) is 0 Å². The van der Waals surface area contributed by atoms with Crippen LogP contribution in [0.2, 0.25) is 0 Å². The SMILES string of the molecule is Cc1ccc(NC(C)C(=O)NCC(F)(F)F)c(Br)c1. The second kappa shape index (κ2) is 6.27. The van der Waals surface area contributed by atoms with Gasteiger partial charge in [0, 0.05) is 10.2 Å². The van der Waals surface area contributed by atoms with Crippen molar-refractivity contribution in [2.45, 2.75) is 26.1 Å². The van der Waals surface area contributed by atoms with Crippen LogP contribution in [-0.4, -0.2) is 24.7 Å². The van der Waals surface area contributed by atoms with E-state index in [0.29, 0.717) is 5.69 Å². The molecule has 0 aromatic heterocycles. The highest BCUT2D eigenvalue weighted by atomic mass is 79.9. The summed E-state index contributed by atoms with van der Waals surface area (Å²) < 4.78 is 36.7. The van der Waals surface area contributed by atoms with Gasteiger partial charge in [-0.3, -0.25) is 4.79 Å². The van der Waals surface area contributed by atoms with Gasteiger partial charge in [0.15, 0.2) is 0 Å². The van der Waals surface area contributed by atoms with E-state index in [1.807, 2.05) is 24.4 Å². The van der Waals surface area contributed by atoms with E-state index in [9.17, 15) is 18.0 Å². The third-order valence-electron chi connectivity index (χ3n) is 2.35. The lowest BCUT2D eigenvalue weighted by molar-refractivity contribution is -0.138. The van der Waals surface area contributed by atoms with Gasteiger partial charge in [0.05, 0.1) is 0 Å². The third-order valence-corrected chi connectivity index (χ3v) is 3.01. The molecular weight excluding hydrogens is 325 g/mol. The number of carbonyl (C=O) groups excluding carboxylic acids is 1.